The van der Waals surface area contributed by atoms with Crippen LogP contribution >= 0.6 is 0 Å². The first kappa shape index (κ1) is 13.5. The molecule has 7 nitrogen and oxygen atoms in total. The number of hydrogen-bond acceptors (Lipinski definition) is 6. The molecule has 0 atom stereocenters. The van der Waals surface area contributed by atoms with Crippen LogP contribution in [0.15, 0.2) is 41.3 Å². The van der Waals surface area contributed by atoms with Crippen molar-refractivity contribution in [2.24, 2.45) is 5.14 Å². The highest BCUT2D eigenvalue weighted by Gasteiger charge is 2.15. The van der Waals surface area contributed by atoms with Crippen LogP contribution in [0.3, 0.4) is 0 Å². The summed E-state index contributed by atoms with van der Waals surface area (Å²) in [6.07, 6.45) is 0. The Bertz CT molecular complexity index is 804. The molecule has 3 rings (SSSR count). The van der Waals surface area contributed by atoms with Gasteiger partial charge in [-0.15, -0.1) is 0 Å². The number of primary sulfonamides is 1. The standard InChI is InChI=1S/C13H12N2O5S/c14-10-5-8(2-4-13(10)21(15,16)17)20-9-1-3-11-12(6-9)19-7-18-11/h1-6H,7,14H2,(H2,15,16,17). The zero-order valence-electron chi connectivity index (χ0n) is 10.8. The average molecular weight is 308 g/mol. The molecule has 0 saturated carbocycles. The van der Waals surface area contributed by atoms with Crippen molar-refractivity contribution in [2.75, 3.05) is 12.5 Å². The lowest BCUT2D eigenvalue weighted by atomic mass is 10.3. The maximum Gasteiger partial charge on any atom is 0.240 e. The number of rotatable bonds is 3. The first-order valence-corrected chi connectivity index (χ1v) is 7.48. The van der Waals surface area contributed by atoms with E-state index in [0.29, 0.717) is 23.0 Å². The lowest BCUT2D eigenvalue weighted by Gasteiger charge is -2.09. The minimum atomic E-state index is -3.85. The number of benzene rings is 2. The maximum absolute atomic E-state index is 11.3. The summed E-state index contributed by atoms with van der Waals surface area (Å²) in [7, 11) is -3.85. The van der Waals surface area contributed by atoms with Crippen LogP contribution in [0.5, 0.6) is 23.0 Å². The Morgan fingerprint density at radius 2 is 1.67 bits per heavy atom. The third-order valence-corrected chi connectivity index (χ3v) is 3.85. The highest BCUT2D eigenvalue weighted by molar-refractivity contribution is 7.89. The topological polar surface area (TPSA) is 114 Å². The quantitative estimate of drug-likeness (QED) is 0.829. The van der Waals surface area contributed by atoms with E-state index in [2.05, 4.69) is 0 Å². The molecule has 2 aromatic rings. The van der Waals surface area contributed by atoms with E-state index in [4.69, 9.17) is 25.1 Å². The molecule has 1 heterocycles. The van der Waals surface area contributed by atoms with Crippen LogP contribution in [0.1, 0.15) is 0 Å². The van der Waals surface area contributed by atoms with Gasteiger partial charge >= 0.3 is 0 Å². The summed E-state index contributed by atoms with van der Waals surface area (Å²) in [4.78, 5) is -0.138. The zero-order valence-corrected chi connectivity index (χ0v) is 11.6. The molecule has 0 aliphatic carbocycles. The smallest absolute Gasteiger partial charge is 0.240 e. The number of sulfonamides is 1. The van der Waals surface area contributed by atoms with Gasteiger partial charge in [-0.1, -0.05) is 0 Å². The van der Waals surface area contributed by atoms with Crippen LogP contribution in [0.4, 0.5) is 5.69 Å². The Hall–Kier alpha value is -2.45. The van der Waals surface area contributed by atoms with Gasteiger partial charge in [0.1, 0.15) is 16.4 Å². The average Bonchev–Trinajstić information content (AvgIpc) is 2.84. The predicted molar refractivity (Wildman–Crippen MR) is 74.9 cm³/mol. The fourth-order valence-corrected chi connectivity index (χ4v) is 2.57. The minimum absolute atomic E-state index is 0.0238. The van der Waals surface area contributed by atoms with E-state index in [1.165, 1.54) is 18.2 Å². The highest BCUT2D eigenvalue weighted by Crippen LogP contribution is 2.37. The molecule has 0 saturated heterocycles. The van der Waals surface area contributed by atoms with Crippen molar-refractivity contribution in [3.05, 3.63) is 36.4 Å². The molecular weight excluding hydrogens is 296 g/mol. The second-order valence-electron chi connectivity index (χ2n) is 4.36. The molecule has 0 spiro atoms. The summed E-state index contributed by atoms with van der Waals surface area (Å²) in [5.41, 5.74) is 5.69. The minimum Gasteiger partial charge on any atom is -0.457 e. The second kappa shape index (κ2) is 4.83. The summed E-state index contributed by atoms with van der Waals surface area (Å²) >= 11 is 0. The normalized spacial score (nSPS) is 13.2. The van der Waals surface area contributed by atoms with Gasteiger partial charge in [0, 0.05) is 12.1 Å². The first-order valence-electron chi connectivity index (χ1n) is 5.93. The molecule has 1 aliphatic rings. The van der Waals surface area contributed by atoms with Gasteiger partial charge in [0.15, 0.2) is 11.5 Å². The van der Waals surface area contributed by atoms with Gasteiger partial charge < -0.3 is 19.9 Å². The van der Waals surface area contributed by atoms with Gasteiger partial charge in [-0.3, -0.25) is 0 Å². The number of nitrogens with two attached hydrogens (primary N) is 2. The molecule has 0 radical (unpaired) electrons. The summed E-state index contributed by atoms with van der Waals surface area (Å²) in [6, 6.07) is 9.27. The van der Waals surface area contributed by atoms with Crippen molar-refractivity contribution < 1.29 is 22.6 Å². The fourth-order valence-electron chi connectivity index (χ4n) is 1.93. The van der Waals surface area contributed by atoms with Crippen molar-refractivity contribution in [3.8, 4) is 23.0 Å². The van der Waals surface area contributed by atoms with Gasteiger partial charge in [-0.2, -0.15) is 0 Å². The molecule has 21 heavy (non-hydrogen) atoms. The van der Waals surface area contributed by atoms with Crippen LogP contribution in [0.25, 0.3) is 0 Å². The summed E-state index contributed by atoms with van der Waals surface area (Å²) in [5, 5.41) is 5.04. The first-order chi connectivity index (χ1) is 9.93. The molecule has 1 aliphatic heterocycles. The van der Waals surface area contributed by atoms with Gasteiger partial charge in [0.25, 0.3) is 0 Å². The number of nitrogen functional groups attached to an aromatic ring is 1. The van der Waals surface area contributed by atoms with E-state index >= 15 is 0 Å². The monoisotopic (exact) mass is 308 g/mol. The maximum atomic E-state index is 11.3. The molecule has 8 heteroatoms. The molecular formula is C13H12N2O5S. The molecule has 0 bridgehead atoms. The fraction of sp³-hybridized carbons (Fsp3) is 0.0769. The molecule has 0 amide bonds. The Morgan fingerprint density at radius 3 is 2.38 bits per heavy atom. The van der Waals surface area contributed by atoms with Gasteiger partial charge in [-0.05, 0) is 24.3 Å². The van der Waals surface area contributed by atoms with Crippen molar-refractivity contribution in [1.29, 1.82) is 0 Å². The van der Waals surface area contributed by atoms with Crippen molar-refractivity contribution >= 4 is 15.7 Å². The van der Waals surface area contributed by atoms with Crippen LogP contribution in [0, 0.1) is 0 Å². The van der Waals surface area contributed by atoms with Gasteiger partial charge in [0.05, 0.1) is 5.69 Å². The molecule has 110 valence electrons. The van der Waals surface area contributed by atoms with Gasteiger partial charge in [-0.25, -0.2) is 13.6 Å². The van der Waals surface area contributed by atoms with Crippen LogP contribution in [-0.4, -0.2) is 15.2 Å². The van der Waals surface area contributed by atoms with E-state index in [9.17, 15) is 8.42 Å². The molecule has 2 aromatic carbocycles. The number of fused-ring (bicyclic) bond motifs is 1. The Balaban J connectivity index is 1.87. The summed E-state index contributed by atoms with van der Waals surface area (Å²) in [6.45, 7) is 0.175. The van der Waals surface area contributed by atoms with E-state index in [-0.39, 0.29) is 17.4 Å². The van der Waals surface area contributed by atoms with Gasteiger partial charge in [0.2, 0.25) is 16.8 Å². The SMILES string of the molecule is Nc1cc(Oc2ccc3c(c2)OCO3)ccc1S(N)(=O)=O. The lowest BCUT2D eigenvalue weighted by molar-refractivity contribution is 0.174. The van der Waals surface area contributed by atoms with Crippen molar-refractivity contribution in [2.45, 2.75) is 4.90 Å². The highest BCUT2D eigenvalue weighted by atomic mass is 32.2. The third-order valence-electron chi connectivity index (χ3n) is 2.87. The number of hydrogen-bond donors (Lipinski definition) is 2. The van der Waals surface area contributed by atoms with Crippen molar-refractivity contribution in [1.82, 2.24) is 0 Å². The Labute approximate surface area is 121 Å². The van der Waals surface area contributed by atoms with E-state index in [1.807, 2.05) is 0 Å². The Kier molecular flexibility index (Phi) is 3.11. The molecule has 0 unspecified atom stereocenters. The predicted octanol–water partition coefficient (Wildman–Crippen LogP) is 1.44. The van der Waals surface area contributed by atoms with E-state index in [1.54, 1.807) is 18.2 Å². The third kappa shape index (κ3) is 2.71. The van der Waals surface area contributed by atoms with E-state index < -0.39 is 10.0 Å². The second-order valence-corrected chi connectivity index (χ2v) is 5.89. The number of anilines is 1. The summed E-state index contributed by atoms with van der Waals surface area (Å²) < 4.78 is 38.6. The Morgan fingerprint density at radius 1 is 1.00 bits per heavy atom. The molecule has 0 fully saturated rings. The zero-order chi connectivity index (χ0) is 15.0. The molecule has 0 aromatic heterocycles. The van der Waals surface area contributed by atoms with Crippen LogP contribution in [-0.2, 0) is 10.0 Å². The lowest BCUT2D eigenvalue weighted by Crippen LogP contribution is -2.14. The largest absolute Gasteiger partial charge is 0.457 e. The summed E-state index contributed by atoms with van der Waals surface area (Å²) in [5.74, 6) is 2.13. The molecule has 4 N–H and O–H groups in total. The number of ether oxygens (including phenoxy) is 3. The van der Waals surface area contributed by atoms with E-state index in [0.717, 1.165) is 0 Å². The van der Waals surface area contributed by atoms with Crippen molar-refractivity contribution in [3.63, 3.8) is 0 Å². The van der Waals surface area contributed by atoms with Crippen LogP contribution < -0.4 is 25.1 Å². The van der Waals surface area contributed by atoms with Crippen LogP contribution in [0.2, 0.25) is 0 Å².